The molecule has 2 aromatic carbocycles. The van der Waals surface area contributed by atoms with E-state index in [0.29, 0.717) is 37.1 Å². The number of para-hydroxylation sites is 1. The molecule has 2 aliphatic heterocycles. The lowest BCUT2D eigenvalue weighted by molar-refractivity contribution is -0.122. The van der Waals surface area contributed by atoms with Crippen molar-refractivity contribution in [2.75, 3.05) is 18.1 Å². The molecular weight excluding hydrogens is 449 g/mol. The number of aliphatic hydroxyl groups excluding tert-OH is 1. The molecule has 0 spiro atoms. The highest BCUT2D eigenvalue weighted by atomic mass is 19.1. The lowest BCUT2D eigenvalue weighted by Crippen LogP contribution is -2.35. The maximum Gasteiger partial charge on any atom is 0.238 e. The molecule has 0 unspecified atom stereocenters. The predicted octanol–water partition coefficient (Wildman–Crippen LogP) is 4.23. The van der Waals surface area contributed by atoms with Crippen LogP contribution in [0.2, 0.25) is 0 Å². The number of rotatable bonds is 6. The molecule has 4 atom stereocenters. The van der Waals surface area contributed by atoms with E-state index in [2.05, 4.69) is 0 Å². The van der Waals surface area contributed by atoms with E-state index in [9.17, 15) is 24.2 Å². The Labute approximate surface area is 203 Å². The van der Waals surface area contributed by atoms with Gasteiger partial charge in [0.15, 0.2) is 11.6 Å². The lowest BCUT2D eigenvalue weighted by Gasteiger charge is -2.31. The summed E-state index contributed by atoms with van der Waals surface area (Å²) in [7, 11) is 0. The van der Waals surface area contributed by atoms with E-state index in [0.717, 1.165) is 16.7 Å². The number of amides is 2. The molecular formula is C28H28FNO5. The molecule has 2 saturated heterocycles. The summed E-state index contributed by atoms with van der Waals surface area (Å²) in [6.07, 6.45) is 3.32. The monoisotopic (exact) mass is 477 g/mol. The minimum atomic E-state index is -0.664. The van der Waals surface area contributed by atoms with Gasteiger partial charge in [-0.1, -0.05) is 35.9 Å². The number of phenols is 1. The second-order valence-electron chi connectivity index (χ2n) is 9.57. The van der Waals surface area contributed by atoms with Gasteiger partial charge in [0.1, 0.15) is 0 Å². The van der Waals surface area contributed by atoms with E-state index in [4.69, 9.17) is 4.74 Å². The number of anilines is 1. The number of carbonyl (C=O) groups excluding carboxylic acids is 2. The normalized spacial score (nSPS) is 26.4. The van der Waals surface area contributed by atoms with Crippen LogP contribution < -0.4 is 4.90 Å². The molecule has 0 radical (unpaired) electrons. The molecule has 7 heteroatoms. The number of hydrogen-bond acceptors (Lipinski definition) is 5. The molecule has 1 aliphatic carbocycles. The first-order valence-electron chi connectivity index (χ1n) is 11.9. The summed E-state index contributed by atoms with van der Waals surface area (Å²) >= 11 is 0. The van der Waals surface area contributed by atoms with Crippen LogP contribution >= 0.6 is 0 Å². The van der Waals surface area contributed by atoms with Gasteiger partial charge in [-0.25, -0.2) is 4.39 Å². The van der Waals surface area contributed by atoms with Crippen LogP contribution in [0.4, 0.5) is 10.1 Å². The van der Waals surface area contributed by atoms with E-state index < -0.39 is 17.7 Å². The van der Waals surface area contributed by atoms with Crippen LogP contribution in [0.3, 0.4) is 0 Å². The molecule has 6 nitrogen and oxygen atoms in total. The number of aromatic hydroxyl groups is 1. The quantitative estimate of drug-likeness (QED) is 0.480. The van der Waals surface area contributed by atoms with Crippen LogP contribution in [0.15, 0.2) is 65.3 Å². The molecule has 3 aliphatic rings. The van der Waals surface area contributed by atoms with Crippen LogP contribution in [0, 0.1) is 23.6 Å². The summed E-state index contributed by atoms with van der Waals surface area (Å²) in [6.45, 7) is 2.13. The number of nitrogens with zero attached hydrogens (tertiary/aromatic N) is 1. The van der Waals surface area contributed by atoms with Crippen molar-refractivity contribution in [2.45, 2.75) is 32.3 Å². The van der Waals surface area contributed by atoms with E-state index in [1.54, 1.807) is 30.3 Å². The molecule has 2 N–H and O–H groups in total. The zero-order valence-corrected chi connectivity index (χ0v) is 19.5. The number of carbonyl (C=O) groups is 2. The van der Waals surface area contributed by atoms with Crippen LogP contribution in [-0.2, 0) is 14.3 Å². The van der Waals surface area contributed by atoms with Crippen molar-refractivity contribution in [2.24, 2.45) is 17.8 Å². The fourth-order valence-electron chi connectivity index (χ4n) is 5.78. The fraction of sp³-hybridized carbons (Fsp3) is 0.357. The third-order valence-corrected chi connectivity index (χ3v) is 7.40. The number of benzene rings is 2. The second kappa shape index (κ2) is 9.40. The minimum Gasteiger partial charge on any atom is -0.505 e. The van der Waals surface area contributed by atoms with E-state index in [-0.39, 0.29) is 36.2 Å². The number of halogens is 1. The van der Waals surface area contributed by atoms with Gasteiger partial charge in [-0.15, -0.1) is 0 Å². The third kappa shape index (κ3) is 4.19. The lowest BCUT2D eigenvalue weighted by atomic mass is 9.69. The van der Waals surface area contributed by atoms with Crippen molar-refractivity contribution in [3.05, 3.63) is 76.6 Å². The molecule has 2 amide bonds. The molecule has 2 fully saturated rings. The minimum absolute atomic E-state index is 0.163. The number of phenolic OH excluding ortho intramolecular Hbond substituents is 1. The average molecular weight is 478 g/mol. The highest BCUT2D eigenvalue weighted by Gasteiger charge is 2.57. The molecule has 2 aromatic rings. The standard InChI is InChI=1S/C28H28FNO5/c1-16(11-17-8-9-23(32)22(29)12-17)7-10-24-25-18(14-31)13-20-26(21(25)15-35-24)28(34)30(27(20)33)19-5-3-2-4-6-19/h2-6,8-9,11-12,20-21,24,26,31-32H,7,10,13-15H2,1H3/b16-11+/t20-,21+,24-,26-/m1/s1. The number of allylic oxidation sites excluding steroid dienone is 1. The Balaban J connectivity index is 1.34. The molecule has 0 aromatic heterocycles. The Bertz CT molecular complexity index is 1220. The SMILES string of the molecule is C/C(=C\c1ccc(O)c(F)c1)CC[C@H]1OC[C@H]2C1=C(CO)C[C@H]1C(=O)N(c3ccccc3)C(=O)[C@H]12. The summed E-state index contributed by atoms with van der Waals surface area (Å²) in [6, 6.07) is 13.2. The molecule has 0 saturated carbocycles. The summed E-state index contributed by atoms with van der Waals surface area (Å²) < 4.78 is 19.8. The summed E-state index contributed by atoms with van der Waals surface area (Å²) in [5, 5.41) is 19.5. The topological polar surface area (TPSA) is 87.1 Å². The number of fused-ring (bicyclic) bond motifs is 3. The Hall–Kier alpha value is -3.29. The highest BCUT2D eigenvalue weighted by Crippen LogP contribution is 2.50. The number of hydrogen-bond donors (Lipinski definition) is 2. The third-order valence-electron chi connectivity index (χ3n) is 7.40. The summed E-state index contributed by atoms with van der Waals surface area (Å²) in [5.74, 6) is -2.62. The molecule has 182 valence electrons. The first kappa shape index (κ1) is 23.5. The van der Waals surface area contributed by atoms with Gasteiger partial charge >= 0.3 is 0 Å². The van der Waals surface area contributed by atoms with Crippen LogP contribution in [0.1, 0.15) is 31.7 Å². The van der Waals surface area contributed by atoms with Gasteiger partial charge < -0.3 is 14.9 Å². The Morgan fingerprint density at radius 1 is 1.14 bits per heavy atom. The maximum absolute atomic E-state index is 13.6. The molecule has 2 heterocycles. The van der Waals surface area contributed by atoms with Gasteiger partial charge in [-0.3, -0.25) is 14.5 Å². The predicted molar refractivity (Wildman–Crippen MR) is 129 cm³/mol. The molecule has 0 bridgehead atoms. The maximum atomic E-state index is 13.6. The number of aliphatic hydroxyl groups is 1. The van der Waals surface area contributed by atoms with Gasteiger partial charge in [0.25, 0.3) is 0 Å². The van der Waals surface area contributed by atoms with Gasteiger partial charge in [-0.05, 0) is 67.2 Å². The first-order valence-corrected chi connectivity index (χ1v) is 11.9. The number of ether oxygens (including phenoxy) is 1. The molecule has 5 rings (SSSR count). The Kier molecular flexibility index (Phi) is 6.30. The van der Waals surface area contributed by atoms with Crippen molar-refractivity contribution in [3.63, 3.8) is 0 Å². The van der Waals surface area contributed by atoms with Gasteiger partial charge in [-0.2, -0.15) is 0 Å². The second-order valence-corrected chi connectivity index (χ2v) is 9.57. The fourth-order valence-corrected chi connectivity index (χ4v) is 5.78. The van der Waals surface area contributed by atoms with Gasteiger partial charge in [0.05, 0.1) is 36.8 Å². The summed E-state index contributed by atoms with van der Waals surface area (Å²) in [4.78, 5) is 27.9. The zero-order chi connectivity index (χ0) is 24.7. The van der Waals surface area contributed by atoms with E-state index in [1.165, 1.54) is 17.0 Å². The van der Waals surface area contributed by atoms with Crippen molar-refractivity contribution < 1.29 is 28.9 Å². The van der Waals surface area contributed by atoms with Crippen molar-refractivity contribution in [1.29, 1.82) is 0 Å². The van der Waals surface area contributed by atoms with Gasteiger partial charge in [0.2, 0.25) is 11.8 Å². The van der Waals surface area contributed by atoms with Crippen molar-refractivity contribution in [3.8, 4) is 5.75 Å². The number of imide groups is 1. The Morgan fingerprint density at radius 3 is 2.63 bits per heavy atom. The van der Waals surface area contributed by atoms with E-state index in [1.807, 2.05) is 19.1 Å². The van der Waals surface area contributed by atoms with Crippen LogP contribution in [0.5, 0.6) is 5.75 Å². The highest BCUT2D eigenvalue weighted by molar-refractivity contribution is 6.22. The molecule has 35 heavy (non-hydrogen) atoms. The van der Waals surface area contributed by atoms with Gasteiger partial charge in [0, 0.05) is 5.92 Å². The Morgan fingerprint density at radius 2 is 1.91 bits per heavy atom. The smallest absolute Gasteiger partial charge is 0.238 e. The largest absolute Gasteiger partial charge is 0.505 e. The van der Waals surface area contributed by atoms with Crippen LogP contribution in [0.25, 0.3) is 6.08 Å². The van der Waals surface area contributed by atoms with Crippen molar-refractivity contribution >= 4 is 23.6 Å². The van der Waals surface area contributed by atoms with E-state index >= 15 is 0 Å². The first-order chi connectivity index (χ1) is 16.9. The summed E-state index contributed by atoms with van der Waals surface area (Å²) in [5.41, 5.74) is 4.02. The average Bonchev–Trinajstić information content (AvgIpc) is 3.38. The van der Waals surface area contributed by atoms with Crippen LogP contribution in [-0.4, -0.2) is 41.3 Å². The zero-order valence-electron chi connectivity index (χ0n) is 19.5. The van der Waals surface area contributed by atoms with Crippen molar-refractivity contribution in [1.82, 2.24) is 0 Å².